The largest absolute Gasteiger partial charge is 0.326 e. The Morgan fingerprint density at radius 1 is 1.12 bits per heavy atom. The highest BCUT2D eigenvalue weighted by molar-refractivity contribution is 7.14. The number of nitrogens with zero attached hydrogens (tertiary/aromatic N) is 3. The third kappa shape index (κ3) is 4.48. The van der Waals surface area contributed by atoms with Crippen LogP contribution in [0.2, 0.25) is 0 Å². The Balaban J connectivity index is 1.58. The standard InChI is InChI=1S/C18H17N5O2S/c1-11-3-4-13(7-12(11)2)21-16(24)8-14-10-26-18(22-14)23-17(25)15-9-19-5-6-20-15/h3-7,9-10H,8H2,1-2H3,(H,21,24)(H,22,23,25). The number of hydrogen-bond acceptors (Lipinski definition) is 6. The van der Waals surface area contributed by atoms with Gasteiger partial charge in [0.15, 0.2) is 5.13 Å². The van der Waals surface area contributed by atoms with Crippen LogP contribution < -0.4 is 10.6 Å². The number of anilines is 2. The Morgan fingerprint density at radius 3 is 2.69 bits per heavy atom. The van der Waals surface area contributed by atoms with Crippen molar-refractivity contribution in [2.24, 2.45) is 0 Å². The molecule has 0 aliphatic rings. The first-order valence-electron chi connectivity index (χ1n) is 7.90. The van der Waals surface area contributed by atoms with Gasteiger partial charge in [0.25, 0.3) is 5.91 Å². The summed E-state index contributed by atoms with van der Waals surface area (Å²) in [7, 11) is 0. The van der Waals surface area contributed by atoms with E-state index >= 15 is 0 Å². The van der Waals surface area contributed by atoms with Crippen molar-refractivity contribution in [3.8, 4) is 0 Å². The molecule has 0 saturated heterocycles. The normalized spacial score (nSPS) is 10.4. The van der Waals surface area contributed by atoms with Gasteiger partial charge in [0.2, 0.25) is 5.91 Å². The van der Waals surface area contributed by atoms with Gasteiger partial charge < -0.3 is 5.32 Å². The minimum Gasteiger partial charge on any atom is -0.326 e. The molecule has 0 bridgehead atoms. The maximum Gasteiger partial charge on any atom is 0.277 e. The first-order chi connectivity index (χ1) is 12.5. The van der Waals surface area contributed by atoms with Crippen molar-refractivity contribution in [3.05, 3.63) is 64.7 Å². The predicted octanol–water partition coefficient (Wildman–Crippen LogP) is 2.98. The summed E-state index contributed by atoms with van der Waals surface area (Å²) in [6.07, 6.45) is 4.44. The molecule has 3 rings (SSSR count). The quantitative estimate of drug-likeness (QED) is 0.723. The van der Waals surface area contributed by atoms with Crippen molar-refractivity contribution in [2.45, 2.75) is 20.3 Å². The summed E-state index contributed by atoms with van der Waals surface area (Å²) >= 11 is 1.25. The number of carbonyl (C=O) groups excluding carboxylic acids is 2. The topological polar surface area (TPSA) is 96.9 Å². The number of aryl methyl sites for hydroxylation is 2. The van der Waals surface area contributed by atoms with Gasteiger partial charge in [-0.05, 0) is 37.1 Å². The van der Waals surface area contributed by atoms with Gasteiger partial charge >= 0.3 is 0 Å². The highest BCUT2D eigenvalue weighted by atomic mass is 32.1. The molecule has 2 N–H and O–H groups in total. The van der Waals surface area contributed by atoms with Gasteiger partial charge in [-0.25, -0.2) is 9.97 Å². The van der Waals surface area contributed by atoms with E-state index < -0.39 is 5.91 Å². The van der Waals surface area contributed by atoms with Crippen LogP contribution in [-0.2, 0) is 11.2 Å². The van der Waals surface area contributed by atoms with Crippen molar-refractivity contribution in [1.29, 1.82) is 0 Å². The van der Waals surface area contributed by atoms with E-state index in [4.69, 9.17) is 0 Å². The minimum absolute atomic E-state index is 0.129. The van der Waals surface area contributed by atoms with Gasteiger partial charge in [0, 0.05) is 23.5 Å². The predicted molar refractivity (Wildman–Crippen MR) is 100 cm³/mol. The molecular formula is C18H17N5O2S. The maximum atomic E-state index is 12.2. The molecule has 2 amide bonds. The van der Waals surface area contributed by atoms with Crippen LogP contribution >= 0.6 is 11.3 Å². The van der Waals surface area contributed by atoms with Gasteiger partial charge in [0.05, 0.1) is 18.3 Å². The number of benzene rings is 1. The number of nitrogens with one attached hydrogen (secondary N) is 2. The van der Waals surface area contributed by atoms with E-state index in [9.17, 15) is 9.59 Å². The van der Waals surface area contributed by atoms with Crippen LogP contribution in [-0.4, -0.2) is 26.8 Å². The smallest absolute Gasteiger partial charge is 0.277 e. The van der Waals surface area contributed by atoms with E-state index in [1.807, 2.05) is 32.0 Å². The Bertz CT molecular complexity index is 940. The SMILES string of the molecule is Cc1ccc(NC(=O)Cc2csc(NC(=O)c3cnccn3)n2)cc1C. The first kappa shape index (κ1) is 17.7. The molecule has 0 saturated carbocycles. The summed E-state index contributed by atoms with van der Waals surface area (Å²) in [5.74, 6) is -0.552. The molecule has 2 heterocycles. The fraction of sp³-hybridized carbons (Fsp3) is 0.167. The summed E-state index contributed by atoms with van der Waals surface area (Å²) in [5.41, 5.74) is 3.84. The molecule has 132 valence electrons. The molecule has 0 fully saturated rings. The van der Waals surface area contributed by atoms with E-state index in [-0.39, 0.29) is 18.0 Å². The van der Waals surface area contributed by atoms with Crippen LogP contribution in [0.25, 0.3) is 0 Å². The molecule has 0 spiro atoms. The average molecular weight is 367 g/mol. The molecule has 1 aromatic carbocycles. The molecule has 2 aromatic heterocycles. The first-order valence-corrected chi connectivity index (χ1v) is 8.78. The maximum absolute atomic E-state index is 12.2. The lowest BCUT2D eigenvalue weighted by atomic mass is 10.1. The van der Waals surface area contributed by atoms with Crippen molar-refractivity contribution < 1.29 is 9.59 Å². The highest BCUT2D eigenvalue weighted by Crippen LogP contribution is 2.18. The van der Waals surface area contributed by atoms with Gasteiger partial charge in [-0.1, -0.05) is 6.07 Å². The lowest BCUT2D eigenvalue weighted by Gasteiger charge is -2.06. The van der Waals surface area contributed by atoms with Gasteiger partial charge in [-0.2, -0.15) is 0 Å². The van der Waals surface area contributed by atoms with Crippen LogP contribution in [0, 0.1) is 13.8 Å². The Labute approximate surface area is 154 Å². The number of aromatic nitrogens is 3. The summed E-state index contributed by atoms with van der Waals surface area (Å²) in [5, 5.41) is 7.66. The summed E-state index contributed by atoms with van der Waals surface area (Å²) in [4.78, 5) is 36.2. The summed E-state index contributed by atoms with van der Waals surface area (Å²) < 4.78 is 0. The molecule has 0 unspecified atom stereocenters. The molecule has 7 nitrogen and oxygen atoms in total. The van der Waals surface area contributed by atoms with E-state index in [1.165, 1.54) is 35.5 Å². The lowest BCUT2D eigenvalue weighted by molar-refractivity contribution is -0.115. The monoisotopic (exact) mass is 367 g/mol. The molecule has 8 heteroatoms. The zero-order chi connectivity index (χ0) is 18.5. The molecule has 26 heavy (non-hydrogen) atoms. The molecule has 0 aliphatic carbocycles. The van der Waals surface area contributed by atoms with E-state index in [1.54, 1.807) is 5.38 Å². The van der Waals surface area contributed by atoms with Gasteiger partial charge in [-0.15, -0.1) is 11.3 Å². The second-order valence-electron chi connectivity index (χ2n) is 5.71. The summed E-state index contributed by atoms with van der Waals surface area (Å²) in [6.45, 7) is 4.02. The fourth-order valence-electron chi connectivity index (χ4n) is 2.21. The van der Waals surface area contributed by atoms with Crippen molar-refractivity contribution in [1.82, 2.24) is 15.0 Å². The number of carbonyl (C=O) groups is 2. The minimum atomic E-state index is -0.390. The van der Waals surface area contributed by atoms with E-state index in [2.05, 4.69) is 25.6 Å². The Kier molecular flexibility index (Phi) is 5.33. The molecule has 0 aliphatic heterocycles. The Hall–Kier alpha value is -3.13. The summed E-state index contributed by atoms with van der Waals surface area (Å²) in [6, 6.07) is 5.77. The van der Waals surface area contributed by atoms with Crippen LogP contribution in [0.3, 0.4) is 0 Å². The highest BCUT2D eigenvalue weighted by Gasteiger charge is 2.12. The second-order valence-corrected chi connectivity index (χ2v) is 6.57. The molecule has 0 atom stereocenters. The van der Waals surface area contributed by atoms with Crippen molar-refractivity contribution in [3.63, 3.8) is 0 Å². The second kappa shape index (κ2) is 7.83. The van der Waals surface area contributed by atoms with Crippen LogP contribution in [0.1, 0.15) is 27.3 Å². The van der Waals surface area contributed by atoms with Crippen LogP contribution in [0.4, 0.5) is 10.8 Å². The van der Waals surface area contributed by atoms with Crippen LogP contribution in [0.5, 0.6) is 0 Å². The number of rotatable bonds is 5. The lowest BCUT2D eigenvalue weighted by Crippen LogP contribution is -2.15. The average Bonchev–Trinajstić information content (AvgIpc) is 3.05. The van der Waals surface area contributed by atoms with E-state index in [0.717, 1.165) is 11.3 Å². The molecular weight excluding hydrogens is 350 g/mol. The van der Waals surface area contributed by atoms with Crippen molar-refractivity contribution >= 4 is 34.0 Å². The Morgan fingerprint density at radius 2 is 1.96 bits per heavy atom. The van der Waals surface area contributed by atoms with E-state index in [0.29, 0.717) is 10.8 Å². The molecule has 0 radical (unpaired) electrons. The van der Waals surface area contributed by atoms with Crippen molar-refractivity contribution in [2.75, 3.05) is 10.6 Å². The third-order valence-electron chi connectivity index (χ3n) is 3.70. The fourth-order valence-corrected chi connectivity index (χ4v) is 2.92. The van der Waals surface area contributed by atoms with Gasteiger partial charge in [-0.3, -0.25) is 19.9 Å². The third-order valence-corrected chi connectivity index (χ3v) is 4.51. The number of thiazole rings is 1. The van der Waals surface area contributed by atoms with Gasteiger partial charge in [0.1, 0.15) is 5.69 Å². The number of amides is 2. The molecule has 3 aromatic rings. The zero-order valence-corrected chi connectivity index (χ0v) is 15.1. The zero-order valence-electron chi connectivity index (χ0n) is 14.3. The van der Waals surface area contributed by atoms with Crippen LogP contribution in [0.15, 0.2) is 42.2 Å². The number of hydrogen-bond donors (Lipinski definition) is 2.